The summed E-state index contributed by atoms with van der Waals surface area (Å²) >= 11 is 0. The topological polar surface area (TPSA) is 61.8 Å². The third-order valence-electron chi connectivity index (χ3n) is 2.88. The normalized spacial score (nSPS) is 18.4. The number of hydrogen-bond donors (Lipinski definition) is 2. The minimum Gasteiger partial charge on any atom is -0.491 e. The van der Waals surface area contributed by atoms with E-state index in [9.17, 15) is 14.3 Å². The molecule has 6 heteroatoms. The average molecular weight is 268 g/mol. The van der Waals surface area contributed by atoms with Crippen molar-refractivity contribution in [1.29, 1.82) is 0 Å². The Bertz CT molecular complexity index is 442. The Labute approximate surface area is 111 Å². The number of nitrogens with one attached hydrogen (secondary N) is 1. The molecule has 5 nitrogen and oxygen atoms in total. The molecule has 0 spiro atoms. The van der Waals surface area contributed by atoms with Gasteiger partial charge in [0.15, 0.2) is 0 Å². The van der Waals surface area contributed by atoms with Gasteiger partial charge in [0.1, 0.15) is 19.0 Å². The van der Waals surface area contributed by atoms with E-state index < -0.39 is 12.8 Å². The number of amides is 2. The first-order chi connectivity index (χ1) is 9.19. The Morgan fingerprint density at radius 2 is 2.42 bits per heavy atom. The predicted molar refractivity (Wildman–Crippen MR) is 69.1 cm³/mol. The molecule has 1 atom stereocenters. The van der Waals surface area contributed by atoms with Crippen LogP contribution in [0.2, 0.25) is 0 Å². The van der Waals surface area contributed by atoms with Crippen LogP contribution in [0.1, 0.15) is 6.42 Å². The number of urea groups is 1. The molecule has 1 aromatic carbocycles. The predicted octanol–water partition coefficient (Wildman–Crippen LogP) is 1.63. The van der Waals surface area contributed by atoms with Crippen molar-refractivity contribution in [1.82, 2.24) is 4.90 Å². The molecule has 2 amide bonds. The lowest BCUT2D eigenvalue weighted by Crippen LogP contribution is -2.33. The fourth-order valence-corrected chi connectivity index (χ4v) is 1.95. The van der Waals surface area contributed by atoms with Crippen molar-refractivity contribution >= 4 is 11.7 Å². The zero-order valence-electron chi connectivity index (χ0n) is 10.5. The molecule has 0 unspecified atom stereocenters. The molecule has 0 aromatic heterocycles. The van der Waals surface area contributed by atoms with Gasteiger partial charge in [-0.05, 0) is 18.6 Å². The highest BCUT2D eigenvalue weighted by Crippen LogP contribution is 2.18. The van der Waals surface area contributed by atoms with E-state index in [0.29, 0.717) is 30.9 Å². The van der Waals surface area contributed by atoms with Gasteiger partial charge in [0.05, 0.1) is 6.10 Å². The van der Waals surface area contributed by atoms with Gasteiger partial charge in [-0.15, -0.1) is 0 Å². The molecule has 1 aliphatic heterocycles. The molecule has 19 heavy (non-hydrogen) atoms. The number of hydrogen-bond acceptors (Lipinski definition) is 3. The van der Waals surface area contributed by atoms with Crippen LogP contribution in [0.15, 0.2) is 24.3 Å². The maximum Gasteiger partial charge on any atom is 0.321 e. The monoisotopic (exact) mass is 268 g/mol. The zero-order chi connectivity index (χ0) is 13.7. The Hall–Kier alpha value is -1.82. The molecule has 104 valence electrons. The van der Waals surface area contributed by atoms with E-state index >= 15 is 0 Å². The van der Waals surface area contributed by atoms with E-state index in [4.69, 9.17) is 4.74 Å². The number of rotatable bonds is 4. The van der Waals surface area contributed by atoms with Gasteiger partial charge in [-0.1, -0.05) is 6.07 Å². The van der Waals surface area contributed by atoms with E-state index in [-0.39, 0.29) is 12.6 Å². The number of benzene rings is 1. The van der Waals surface area contributed by atoms with E-state index in [1.165, 1.54) is 0 Å². The van der Waals surface area contributed by atoms with Gasteiger partial charge in [0.2, 0.25) is 0 Å². The molecule has 1 aliphatic rings. The summed E-state index contributed by atoms with van der Waals surface area (Å²) in [7, 11) is 0. The van der Waals surface area contributed by atoms with Crippen molar-refractivity contribution in [3.05, 3.63) is 24.3 Å². The third-order valence-corrected chi connectivity index (χ3v) is 2.88. The zero-order valence-corrected chi connectivity index (χ0v) is 10.5. The first-order valence-electron chi connectivity index (χ1n) is 6.22. The van der Waals surface area contributed by atoms with E-state index in [1.54, 1.807) is 29.2 Å². The number of aliphatic hydroxyl groups excluding tert-OH is 1. The van der Waals surface area contributed by atoms with Crippen LogP contribution in [-0.2, 0) is 0 Å². The lowest BCUT2D eigenvalue weighted by Gasteiger charge is -2.16. The van der Waals surface area contributed by atoms with Crippen molar-refractivity contribution in [2.24, 2.45) is 0 Å². The number of aliphatic hydroxyl groups is 1. The number of alkyl halides is 1. The van der Waals surface area contributed by atoms with Gasteiger partial charge in [0.25, 0.3) is 0 Å². The maximum atomic E-state index is 12.0. The number of ether oxygens (including phenoxy) is 1. The second-order valence-electron chi connectivity index (χ2n) is 4.38. The van der Waals surface area contributed by atoms with Crippen LogP contribution in [0, 0.1) is 0 Å². The van der Waals surface area contributed by atoms with Gasteiger partial charge in [0, 0.05) is 24.8 Å². The fraction of sp³-hybridized carbons (Fsp3) is 0.462. The minimum absolute atomic E-state index is 0.00425. The number of β-amino-alcohol motifs (C(OH)–C–C–N with tert-alkyl or cyclic N) is 1. The summed E-state index contributed by atoms with van der Waals surface area (Å²) in [5.41, 5.74) is 0.586. The second kappa shape index (κ2) is 6.38. The first-order valence-corrected chi connectivity index (χ1v) is 6.22. The van der Waals surface area contributed by atoms with Crippen molar-refractivity contribution in [2.45, 2.75) is 12.5 Å². The molecule has 1 fully saturated rings. The molecule has 0 radical (unpaired) electrons. The van der Waals surface area contributed by atoms with E-state index in [0.717, 1.165) is 0 Å². The van der Waals surface area contributed by atoms with Crippen molar-refractivity contribution in [3.8, 4) is 5.75 Å². The fourth-order valence-electron chi connectivity index (χ4n) is 1.95. The molecular weight excluding hydrogens is 251 g/mol. The van der Waals surface area contributed by atoms with Gasteiger partial charge < -0.3 is 20.1 Å². The number of carbonyl (C=O) groups excluding carboxylic acids is 1. The Balaban J connectivity index is 1.93. The summed E-state index contributed by atoms with van der Waals surface area (Å²) in [6.07, 6.45) is 0.164. The second-order valence-corrected chi connectivity index (χ2v) is 4.38. The molecule has 2 N–H and O–H groups in total. The Kier molecular flexibility index (Phi) is 4.57. The van der Waals surface area contributed by atoms with Crippen molar-refractivity contribution < 1.29 is 19.0 Å². The van der Waals surface area contributed by atoms with Gasteiger partial charge in [-0.2, -0.15) is 0 Å². The van der Waals surface area contributed by atoms with Crippen LogP contribution in [0.4, 0.5) is 14.9 Å². The summed E-state index contributed by atoms with van der Waals surface area (Å²) in [6.45, 7) is 0.340. The number of halogens is 1. The third kappa shape index (κ3) is 3.82. The Morgan fingerprint density at radius 1 is 1.58 bits per heavy atom. The smallest absolute Gasteiger partial charge is 0.321 e. The summed E-state index contributed by atoms with van der Waals surface area (Å²) < 4.78 is 17.1. The number of nitrogens with zero attached hydrogens (tertiary/aromatic N) is 1. The maximum absolute atomic E-state index is 12.0. The van der Waals surface area contributed by atoms with E-state index in [2.05, 4.69) is 5.32 Å². The molecule has 2 rings (SSSR count). The van der Waals surface area contributed by atoms with Crippen LogP contribution in [0.25, 0.3) is 0 Å². The van der Waals surface area contributed by atoms with Gasteiger partial charge in [-0.25, -0.2) is 9.18 Å². The van der Waals surface area contributed by atoms with Gasteiger partial charge in [-0.3, -0.25) is 0 Å². The van der Waals surface area contributed by atoms with Crippen LogP contribution >= 0.6 is 0 Å². The molecule has 1 saturated heterocycles. The largest absolute Gasteiger partial charge is 0.491 e. The van der Waals surface area contributed by atoms with Crippen molar-refractivity contribution in [3.63, 3.8) is 0 Å². The molecule has 1 heterocycles. The van der Waals surface area contributed by atoms with E-state index in [1.807, 2.05) is 0 Å². The van der Waals surface area contributed by atoms with Crippen LogP contribution < -0.4 is 10.1 Å². The van der Waals surface area contributed by atoms with Gasteiger partial charge >= 0.3 is 6.03 Å². The minimum atomic E-state index is -0.553. The SMILES string of the molecule is O=C(Nc1cccc(OCCF)c1)N1CC[C@@H](O)C1. The van der Waals surface area contributed by atoms with Crippen LogP contribution in [0.3, 0.4) is 0 Å². The number of carbonyl (C=O) groups is 1. The summed E-state index contributed by atoms with van der Waals surface area (Å²) in [6, 6.07) is 6.54. The highest BCUT2D eigenvalue weighted by atomic mass is 19.1. The Morgan fingerprint density at radius 3 is 3.11 bits per heavy atom. The highest BCUT2D eigenvalue weighted by Gasteiger charge is 2.24. The quantitative estimate of drug-likeness (QED) is 0.872. The lowest BCUT2D eigenvalue weighted by atomic mass is 10.3. The van der Waals surface area contributed by atoms with Crippen molar-refractivity contribution in [2.75, 3.05) is 31.7 Å². The summed E-state index contributed by atoms with van der Waals surface area (Å²) in [4.78, 5) is 13.4. The van der Waals surface area contributed by atoms with Crippen LogP contribution in [-0.4, -0.2) is 48.5 Å². The highest BCUT2D eigenvalue weighted by molar-refractivity contribution is 5.89. The molecule has 0 bridgehead atoms. The molecule has 0 saturated carbocycles. The average Bonchev–Trinajstić information content (AvgIpc) is 2.83. The standard InChI is InChI=1S/C13H17FN2O3/c14-5-7-19-12-3-1-2-10(8-12)15-13(18)16-6-4-11(17)9-16/h1-3,8,11,17H,4-7,9H2,(H,15,18)/t11-/m1/s1. The number of anilines is 1. The first kappa shape index (κ1) is 13.6. The summed E-state index contributed by atoms with van der Waals surface area (Å²) in [5, 5.41) is 12.1. The lowest BCUT2D eigenvalue weighted by molar-refractivity contribution is 0.176. The summed E-state index contributed by atoms with van der Waals surface area (Å²) in [5.74, 6) is 0.511. The molecular formula is C13H17FN2O3. The molecule has 0 aliphatic carbocycles. The van der Waals surface area contributed by atoms with Crippen LogP contribution in [0.5, 0.6) is 5.75 Å². The number of likely N-dealkylation sites (tertiary alicyclic amines) is 1. The molecule has 1 aromatic rings.